The van der Waals surface area contributed by atoms with Crippen LogP contribution in [0.25, 0.3) is 76.1 Å². The van der Waals surface area contributed by atoms with Crippen LogP contribution in [0.4, 0.5) is 85.3 Å². The van der Waals surface area contributed by atoms with Gasteiger partial charge in [0.15, 0.2) is 0 Å². The number of benzene rings is 19. The topological polar surface area (TPSA) is 43.2 Å². The van der Waals surface area contributed by atoms with Gasteiger partial charge in [0.1, 0.15) is 0 Å². The fourth-order valence-corrected chi connectivity index (χ4v) is 15.5. The highest BCUT2D eigenvalue weighted by Crippen LogP contribution is 2.45. The molecule has 7 heteroatoms. The predicted molar refractivity (Wildman–Crippen MR) is 490 cm³/mol. The third-order valence-electron chi connectivity index (χ3n) is 21.6. The second kappa shape index (κ2) is 33.5. The Morgan fingerprint density at radius 3 is 0.861 bits per heavy atom. The van der Waals surface area contributed by atoms with Gasteiger partial charge in [-0.1, -0.05) is 279 Å². The number of hydrogen-bond acceptors (Lipinski definition) is 7. The Morgan fingerprint density at radius 2 is 0.443 bits per heavy atom. The van der Waals surface area contributed by atoms with Crippen LogP contribution in [0.5, 0.6) is 0 Å². The molecule has 0 aliphatic heterocycles. The van der Waals surface area contributed by atoms with Gasteiger partial charge < -0.3 is 29.4 Å². The van der Waals surface area contributed by atoms with Crippen molar-refractivity contribution in [1.29, 1.82) is 5.26 Å². The number of fused-ring (bicyclic) bond motifs is 5. The van der Waals surface area contributed by atoms with E-state index in [1.165, 1.54) is 81.8 Å². The quantitative estimate of drug-likeness (QED) is 0.0900. The summed E-state index contributed by atoms with van der Waals surface area (Å²) >= 11 is 0. The number of nitrogens with zero attached hydrogens (tertiary/aromatic N) is 7. The largest absolute Gasteiger partial charge is 0.345 e. The Hall–Kier alpha value is -15.2. The van der Waals surface area contributed by atoms with Crippen molar-refractivity contribution >= 4 is 139 Å². The number of para-hydroxylation sites is 1. The summed E-state index contributed by atoms with van der Waals surface area (Å²) in [6.07, 6.45) is 0. The van der Waals surface area contributed by atoms with Crippen molar-refractivity contribution in [3.63, 3.8) is 0 Å². The van der Waals surface area contributed by atoms with Gasteiger partial charge in [0.2, 0.25) is 0 Å². The smallest absolute Gasteiger partial charge is 0.0992 e. The Bertz CT molecular complexity index is 6490. The summed E-state index contributed by atoms with van der Waals surface area (Å²) in [7, 11) is 6.27. The molecule has 0 bridgehead atoms. The lowest BCUT2D eigenvalue weighted by atomic mass is 10.0. The molecule has 0 aromatic heterocycles. The van der Waals surface area contributed by atoms with Crippen LogP contribution in [-0.4, -0.2) is 21.1 Å². The molecule has 0 spiro atoms. The Kier molecular flexibility index (Phi) is 21.2. The van der Waals surface area contributed by atoms with Crippen LogP contribution in [0.15, 0.2) is 449 Å². The van der Waals surface area contributed by atoms with Crippen LogP contribution in [0.1, 0.15) is 5.56 Å². The van der Waals surface area contributed by atoms with Gasteiger partial charge in [-0.15, -0.1) is 0 Å². The normalized spacial score (nSPS) is 10.9. The maximum absolute atomic E-state index is 9.29. The van der Waals surface area contributed by atoms with Crippen molar-refractivity contribution in [1.82, 2.24) is 0 Å². The molecule has 0 atom stereocenters. The summed E-state index contributed by atoms with van der Waals surface area (Å²) < 4.78 is 0. The lowest BCUT2D eigenvalue weighted by Gasteiger charge is -2.28. The highest BCUT2D eigenvalue weighted by Gasteiger charge is 2.21. The van der Waals surface area contributed by atoms with Crippen molar-refractivity contribution < 1.29 is 0 Å². The zero-order valence-corrected chi connectivity index (χ0v) is 64.4. The third kappa shape index (κ3) is 15.8. The van der Waals surface area contributed by atoms with Crippen molar-refractivity contribution in [3.05, 3.63) is 454 Å². The maximum Gasteiger partial charge on any atom is 0.0992 e. The first-order chi connectivity index (χ1) is 56.7. The van der Waals surface area contributed by atoms with Crippen molar-refractivity contribution in [3.8, 4) is 28.3 Å². The van der Waals surface area contributed by atoms with E-state index >= 15 is 0 Å². The van der Waals surface area contributed by atoms with Gasteiger partial charge >= 0.3 is 0 Å². The molecule has 19 aromatic rings. The van der Waals surface area contributed by atoms with Gasteiger partial charge in [0, 0.05) is 111 Å². The summed E-state index contributed by atoms with van der Waals surface area (Å²) in [6, 6.07) is 161. The zero-order chi connectivity index (χ0) is 77.8. The van der Waals surface area contributed by atoms with Crippen LogP contribution in [-0.2, 0) is 0 Å². The summed E-state index contributed by atoms with van der Waals surface area (Å²) in [6.45, 7) is 0. The van der Waals surface area contributed by atoms with E-state index in [1.807, 2.05) is 37.4 Å². The number of hydrogen-bond donors (Lipinski definition) is 0. The van der Waals surface area contributed by atoms with E-state index in [9.17, 15) is 5.26 Å². The molecule has 0 heterocycles. The summed E-state index contributed by atoms with van der Waals surface area (Å²) in [4.78, 5) is 13.6. The van der Waals surface area contributed by atoms with Crippen LogP contribution in [0, 0.1) is 11.3 Å². The summed E-state index contributed by atoms with van der Waals surface area (Å²) in [5, 5.41) is 21.5. The molecule has 0 saturated carbocycles. The molecule has 0 fully saturated rings. The van der Waals surface area contributed by atoms with Crippen LogP contribution >= 0.6 is 0 Å². The average molecular weight is 1480 g/mol. The number of anilines is 15. The van der Waals surface area contributed by atoms with Gasteiger partial charge in [-0.05, 0) is 230 Å². The van der Waals surface area contributed by atoms with Gasteiger partial charge in [-0.3, -0.25) is 0 Å². The Balaban J connectivity index is 0.000000125. The van der Waals surface area contributed by atoms with E-state index in [0.29, 0.717) is 5.56 Å². The highest BCUT2D eigenvalue weighted by atomic mass is 15.2. The van der Waals surface area contributed by atoms with E-state index in [1.54, 1.807) is 0 Å². The maximum atomic E-state index is 9.29. The predicted octanol–water partition coefficient (Wildman–Crippen LogP) is 29.7. The molecular formula is C108H83N7. The van der Waals surface area contributed by atoms with Gasteiger partial charge in [0.05, 0.1) is 23.0 Å². The summed E-state index contributed by atoms with van der Waals surface area (Å²) in [5.74, 6) is 0. The van der Waals surface area contributed by atoms with E-state index in [2.05, 4.69) is 468 Å². The fourth-order valence-electron chi connectivity index (χ4n) is 15.5. The second-order valence-electron chi connectivity index (χ2n) is 28.6. The first-order valence-corrected chi connectivity index (χ1v) is 38.9. The molecule has 550 valence electrons. The first-order valence-electron chi connectivity index (χ1n) is 38.9. The van der Waals surface area contributed by atoms with Crippen molar-refractivity contribution in [2.75, 3.05) is 50.5 Å². The third-order valence-corrected chi connectivity index (χ3v) is 21.6. The van der Waals surface area contributed by atoms with Crippen LogP contribution in [0.2, 0.25) is 0 Å². The second-order valence-corrected chi connectivity index (χ2v) is 28.6. The van der Waals surface area contributed by atoms with Crippen molar-refractivity contribution in [2.24, 2.45) is 0 Å². The molecule has 0 N–H and O–H groups in total. The molecule has 0 aliphatic rings. The highest BCUT2D eigenvalue weighted by molar-refractivity contribution is 6.02. The lowest BCUT2D eigenvalue weighted by Crippen LogP contribution is -2.12. The van der Waals surface area contributed by atoms with Crippen LogP contribution < -0.4 is 29.4 Å². The molecule has 19 rings (SSSR count). The minimum absolute atomic E-state index is 0.653. The van der Waals surface area contributed by atoms with Gasteiger partial charge in [0.25, 0.3) is 0 Å². The molecule has 0 radical (unpaired) electrons. The monoisotopic (exact) mass is 1480 g/mol. The van der Waals surface area contributed by atoms with Gasteiger partial charge in [-0.25, -0.2) is 0 Å². The van der Waals surface area contributed by atoms with Crippen LogP contribution in [0.3, 0.4) is 0 Å². The molecule has 0 amide bonds. The molecule has 0 aliphatic carbocycles. The average Bonchev–Trinajstić information content (AvgIpc) is 0.785. The number of rotatable bonds is 17. The molecule has 7 nitrogen and oxygen atoms in total. The van der Waals surface area contributed by atoms with Gasteiger partial charge in [-0.2, -0.15) is 5.26 Å². The Labute approximate surface area is 673 Å². The SMILES string of the molecule is CN(c1ccc(N(c2ccc(-c3ccccc3)cc2)c2cccc3ccccc23)cc1)c1cccc2ccccc12.CN(c1ccc(N(c2ccc3ccccc3c2)c2ccc3ccccc3c2)cc1)c1cccc(C#N)c1.CN(c1ccccc1)c1ccc(N(c2ccc(-c3ccccc3)cc2)c2cccc3ccccc23)cc1. The van der Waals surface area contributed by atoms with E-state index in [-0.39, 0.29) is 0 Å². The molecule has 19 aromatic carbocycles. The minimum Gasteiger partial charge on any atom is -0.345 e. The minimum atomic E-state index is 0.653. The lowest BCUT2D eigenvalue weighted by molar-refractivity contribution is 1.20. The zero-order valence-electron chi connectivity index (χ0n) is 64.4. The molecule has 0 saturated heterocycles. The summed E-state index contributed by atoms with van der Waals surface area (Å²) in [5.41, 5.74) is 22.3. The molecule has 115 heavy (non-hydrogen) atoms. The Morgan fingerprint density at radius 1 is 0.174 bits per heavy atom. The van der Waals surface area contributed by atoms with E-state index in [0.717, 1.165) is 79.6 Å². The number of nitriles is 1. The first kappa shape index (κ1) is 72.6. The standard InChI is InChI=1S/C39H30N2.C35H28N2.C34H25N3/c1-40(38-19-9-15-31-13-5-7-17-36(31)38)33-25-27-35(28-26-33)41(39-20-10-16-32-14-6-8-18-37(32)39)34-23-21-30(22-24-34)29-11-3-2-4-12-29;1-36(30-15-6-3-7-16-30)31-23-25-33(26-24-31)37(35-18-10-14-29-13-8-9-17-34(29)35)32-21-19-28(20-22-32)27-11-4-2-5-12-27;1-36(32-12-6-7-25(21-32)24-35)30-17-19-31(20-18-30)37(33-15-13-26-8-2-4-10-28(26)22-33)34-16-14-27-9-3-5-11-29(27)23-34/h2-28H,1H3;2-26H,1H3;2-23H,1H3. The molecular weight excluding hydrogens is 1400 g/mol. The molecule has 0 unspecified atom stereocenters. The fraction of sp³-hybridized carbons (Fsp3) is 0.0278. The van der Waals surface area contributed by atoms with E-state index in [4.69, 9.17) is 0 Å². The van der Waals surface area contributed by atoms with Crippen molar-refractivity contribution in [2.45, 2.75) is 0 Å². The van der Waals surface area contributed by atoms with E-state index < -0.39 is 0 Å².